The van der Waals surface area contributed by atoms with Crippen molar-refractivity contribution < 1.29 is 74.1 Å². The fraction of sp³-hybridized carbons (Fsp3) is 0.519. The first-order chi connectivity index (χ1) is 20.0. The summed E-state index contributed by atoms with van der Waals surface area (Å²) in [7, 11) is 1.33. The molecule has 2 aromatic carbocycles. The number of fused-ring (bicyclic) bond motifs is 1. The Balaban J connectivity index is 1.33. The molecule has 2 fully saturated rings. The molecule has 2 saturated heterocycles. The Bertz CT molecular complexity index is 1290. The Morgan fingerprint density at radius 1 is 0.881 bits per heavy atom. The number of hydrogen-bond acceptors (Lipinski definition) is 15. The van der Waals surface area contributed by atoms with E-state index in [1.54, 1.807) is 0 Å². The molecule has 2 aromatic rings. The monoisotopic (exact) mass is 596 g/mol. The van der Waals surface area contributed by atoms with E-state index in [9.17, 15) is 45.6 Å². The van der Waals surface area contributed by atoms with Crippen molar-refractivity contribution in [3.8, 4) is 28.7 Å². The lowest BCUT2D eigenvalue weighted by molar-refractivity contribution is -0.307. The third kappa shape index (κ3) is 5.83. The van der Waals surface area contributed by atoms with Crippen LogP contribution in [0, 0.1) is 0 Å². The number of ketones is 1. The summed E-state index contributed by atoms with van der Waals surface area (Å²) in [6.45, 7) is -0.787. The Hall–Kier alpha value is -3.25. The summed E-state index contributed by atoms with van der Waals surface area (Å²) in [6.07, 6.45) is -14.7. The van der Waals surface area contributed by atoms with Crippen LogP contribution >= 0.6 is 0 Å². The van der Waals surface area contributed by atoms with Crippen LogP contribution in [0.25, 0.3) is 0 Å². The molecule has 0 bridgehead atoms. The van der Waals surface area contributed by atoms with Crippen LogP contribution in [0.3, 0.4) is 0 Å². The van der Waals surface area contributed by atoms with Crippen LogP contribution in [0.5, 0.6) is 28.7 Å². The van der Waals surface area contributed by atoms with Crippen LogP contribution in [0.15, 0.2) is 30.3 Å². The van der Waals surface area contributed by atoms with Crippen molar-refractivity contribution in [3.63, 3.8) is 0 Å². The number of carbonyl (C=O) groups is 1. The molecule has 5 rings (SSSR count). The molecule has 0 spiro atoms. The lowest BCUT2D eigenvalue weighted by Gasteiger charge is -2.41. The number of benzene rings is 2. The van der Waals surface area contributed by atoms with Crippen molar-refractivity contribution in [1.82, 2.24) is 0 Å². The molecule has 0 aliphatic carbocycles. The van der Waals surface area contributed by atoms with E-state index in [2.05, 4.69) is 0 Å². The normalized spacial score (nSPS) is 34.8. The fourth-order valence-corrected chi connectivity index (χ4v) is 4.96. The summed E-state index contributed by atoms with van der Waals surface area (Å²) in [5.74, 6) is -0.887. The molecule has 0 saturated carbocycles. The van der Waals surface area contributed by atoms with Gasteiger partial charge in [0.2, 0.25) is 6.29 Å². The first kappa shape index (κ1) is 30.2. The largest absolute Gasteiger partial charge is 0.504 e. The minimum atomic E-state index is -1.74. The van der Waals surface area contributed by atoms with E-state index in [1.165, 1.54) is 37.4 Å². The maximum atomic E-state index is 13.0. The van der Waals surface area contributed by atoms with Gasteiger partial charge < -0.3 is 69.3 Å². The highest BCUT2D eigenvalue weighted by molar-refractivity contribution is 6.02. The number of Topliss-reactive ketones (excluding diaryl/α,β-unsaturated/α-hetero) is 1. The molecule has 10 unspecified atom stereocenters. The smallest absolute Gasteiger partial charge is 0.229 e. The van der Waals surface area contributed by atoms with Crippen molar-refractivity contribution in [3.05, 3.63) is 41.5 Å². The van der Waals surface area contributed by atoms with Gasteiger partial charge in [0, 0.05) is 12.1 Å². The van der Waals surface area contributed by atoms with Crippen molar-refractivity contribution >= 4 is 5.78 Å². The standard InChI is InChI=1S/C27H32O15/c1-37-17-5-11(6-18-20(17)14(30)7-16(41-18)10-2-3-12(28)13(29)4-10)40-27-25(36)23(34)22(33)19(42-27)9-39-26-24(35)21(32)15(31)8-38-26/h2-6,15-16,19,21-29,31-36H,7-9H2,1H3. The van der Waals surface area contributed by atoms with E-state index in [1.807, 2.05) is 0 Å². The van der Waals surface area contributed by atoms with Crippen LogP contribution in [-0.2, 0) is 14.2 Å². The number of rotatable bonds is 7. The van der Waals surface area contributed by atoms with E-state index in [0.29, 0.717) is 5.56 Å². The summed E-state index contributed by atoms with van der Waals surface area (Å²) in [6, 6.07) is 6.74. The topological polar surface area (TPSA) is 234 Å². The van der Waals surface area contributed by atoms with Gasteiger partial charge in [0.1, 0.15) is 71.6 Å². The number of ether oxygens (including phenoxy) is 6. The lowest BCUT2D eigenvalue weighted by atomic mass is 9.95. The maximum absolute atomic E-state index is 13.0. The third-order valence-electron chi connectivity index (χ3n) is 7.35. The van der Waals surface area contributed by atoms with Gasteiger partial charge in [-0.15, -0.1) is 0 Å². The predicted molar refractivity (Wildman–Crippen MR) is 136 cm³/mol. The maximum Gasteiger partial charge on any atom is 0.229 e. The van der Waals surface area contributed by atoms with Crippen LogP contribution in [0.1, 0.15) is 28.4 Å². The summed E-state index contributed by atoms with van der Waals surface area (Å²) in [4.78, 5) is 13.0. The highest BCUT2D eigenvalue weighted by atomic mass is 16.7. The fourth-order valence-electron chi connectivity index (χ4n) is 4.96. The molecule has 0 amide bonds. The van der Waals surface area contributed by atoms with E-state index >= 15 is 0 Å². The minimum absolute atomic E-state index is 0.00283. The summed E-state index contributed by atoms with van der Waals surface area (Å²) in [5, 5.41) is 80.5. The quantitative estimate of drug-likeness (QED) is 0.169. The Kier molecular flexibility index (Phi) is 8.75. The minimum Gasteiger partial charge on any atom is -0.504 e. The molecular weight excluding hydrogens is 564 g/mol. The van der Waals surface area contributed by atoms with Crippen LogP contribution in [0.4, 0.5) is 0 Å². The van der Waals surface area contributed by atoms with E-state index in [4.69, 9.17) is 28.4 Å². The second-order valence-electron chi connectivity index (χ2n) is 10.2. The highest BCUT2D eigenvalue weighted by Crippen LogP contribution is 2.44. The van der Waals surface area contributed by atoms with Gasteiger partial charge >= 0.3 is 0 Å². The Morgan fingerprint density at radius 3 is 2.33 bits per heavy atom. The molecule has 3 aliphatic rings. The second-order valence-corrected chi connectivity index (χ2v) is 10.2. The molecule has 10 atom stereocenters. The average molecular weight is 597 g/mol. The van der Waals surface area contributed by atoms with Crippen molar-refractivity contribution in [2.45, 2.75) is 67.8 Å². The van der Waals surface area contributed by atoms with E-state index in [-0.39, 0.29) is 53.1 Å². The molecular formula is C27H32O15. The van der Waals surface area contributed by atoms with Crippen LogP contribution in [0.2, 0.25) is 0 Å². The number of hydrogen-bond donors (Lipinski definition) is 8. The summed E-state index contributed by atoms with van der Waals surface area (Å²) in [5.41, 5.74) is 0.559. The first-order valence-electron chi connectivity index (χ1n) is 13.1. The average Bonchev–Trinajstić information content (AvgIpc) is 2.97. The molecule has 3 aliphatic heterocycles. The van der Waals surface area contributed by atoms with Crippen LogP contribution in [-0.4, -0.2) is 122 Å². The Labute approximate surface area is 238 Å². The zero-order valence-corrected chi connectivity index (χ0v) is 22.2. The zero-order chi connectivity index (χ0) is 30.3. The van der Waals surface area contributed by atoms with Gasteiger partial charge in [-0.3, -0.25) is 4.79 Å². The predicted octanol–water partition coefficient (Wildman–Crippen LogP) is -1.55. The molecule has 42 heavy (non-hydrogen) atoms. The number of phenolic OH excluding ortho intramolecular Hbond substituents is 2. The van der Waals surface area contributed by atoms with Gasteiger partial charge in [-0.1, -0.05) is 6.07 Å². The summed E-state index contributed by atoms with van der Waals surface area (Å²) < 4.78 is 33.4. The van der Waals surface area contributed by atoms with E-state index < -0.39 is 68.0 Å². The zero-order valence-electron chi connectivity index (χ0n) is 22.2. The SMILES string of the molecule is COc1cc(OC2OC(COC3OCC(O)C(O)C3O)C(O)C(O)C2O)cc2c1C(=O)CC(c1ccc(O)c(O)c1)O2. The molecule has 15 heteroatoms. The number of aliphatic hydroxyl groups is 6. The van der Waals surface area contributed by atoms with Crippen molar-refractivity contribution in [2.24, 2.45) is 0 Å². The van der Waals surface area contributed by atoms with Crippen molar-refractivity contribution in [2.75, 3.05) is 20.3 Å². The molecule has 3 heterocycles. The van der Waals surface area contributed by atoms with E-state index in [0.717, 1.165) is 0 Å². The van der Waals surface area contributed by atoms with Crippen LogP contribution < -0.4 is 14.2 Å². The molecule has 8 N–H and O–H groups in total. The van der Waals surface area contributed by atoms with Gasteiger partial charge in [0.15, 0.2) is 23.6 Å². The second kappa shape index (κ2) is 12.2. The van der Waals surface area contributed by atoms with Gasteiger partial charge in [-0.25, -0.2) is 0 Å². The first-order valence-corrected chi connectivity index (χ1v) is 13.1. The number of aromatic hydroxyl groups is 2. The number of methoxy groups -OCH3 is 1. The molecule has 0 aromatic heterocycles. The third-order valence-corrected chi connectivity index (χ3v) is 7.35. The lowest BCUT2D eigenvalue weighted by Crippen LogP contribution is -2.61. The number of carbonyl (C=O) groups excluding carboxylic acids is 1. The van der Waals surface area contributed by atoms with Gasteiger partial charge in [-0.2, -0.15) is 0 Å². The number of phenols is 2. The summed E-state index contributed by atoms with van der Waals surface area (Å²) >= 11 is 0. The molecule has 230 valence electrons. The van der Waals surface area contributed by atoms with Gasteiger partial charge in [-0.05, 0) is 17.7 Å². The van der Waals surface area contributed by atoms with Gasteiger partial charge in [0.25, 0.3) is 0 Å². The van der Waals surface area contributed by atoms with Gasteiger partial charge in [0.05, 0.1) is 26.7 Å². The molecule has 15 nitrogen and oxygen atoms in total. The molecule has 0 radical (unpaired) electrons. The Morgan fingerprint density at radius 2 is 1.62 bits per heavy atom. The van der Waals surface area contributed by atoms with Crippen molar-refractivity contribution in [1.29, 1.82) is 0 Å². The number of aliphatic hydroxyl groups excluding tert-OH is 6. The highest BCUT2D eigenvalue weighted by Gasteiger charge is 2.46.